The Morgan fingerprint density at radius 2 is 2.11 bits per heavy atom. The van der Waals surface area contributed by atoms with E-state index >= 15 is 0 Å². The van der Waals surface area contributed by atoms with E-state index in [9.17, 15) is 8.42 Å². The van der Waals surface area contributed by atoms with Gasteiger partial charge in [0, 0.05) is 26.3 Å². The number of imidazole rings is 1. The molecule has 0 aliphatic heterocycles. The molecule has 0 aromatic carbocycles. The Labute approximate surface area is 115 Å². The van der Waals surface area contributed by atoms with E-state index < -0.39 is 10.0 Å². The number of aryl methyl sites for hydroxylation is 2. The zero-order valence-corrected chi connectivity index (χ0v) is 12.8. The molecule has 1 aromatic rings. The Kier molecular flexibility index (Phi) is 5.11. The van der Waals surface area contributed by atoms with E-state index in [1.807, 2.05) is 25.3 Å². The lowest BCUT2D eigenvalue weighted by molar-refractivity contribution is 0.0119. The van der Waals surface area contributed by atoms with Crippen LogP contribution in [-0.2, 0) is 27.7 Å². The Hall–Kier alpha value is -0.920. The molecule has 0 aliphatic carbocycles. The molecule has 0 spiro atoms. The Morgan fingerprint density at radius 3 is 2.58 bits per heavy atom. The van der Waals surface area contributed by atoms with Gasteiger partial charge in [0.2, 0.25) is 0 Å². The van der Waals surface area contributed by atoms with Gasteiger partial charge in [0.25, 0.3) is 10.0 Å². The van der Waals surface area contributed by atoms with Crippen molar-refractivity contribution in [1.29, 1.82) is 0 Å². The normalized spacial score (nSPS) is 12.9. The highest BCUT2D eigenvalue weighted by Crippen LogP contribution is 2.17. The van der Waals surface area contributed by atoms with Gasteiger partial charge in [-0.25, -0.2) is 18.5 Å². The van der Waals surface area contributed by atoms with Gasteiger partial charge in [0.05, 0.1) is 5.60 Å². The topological polar surface area (TPSA) is 87.2 Å². The second-order valence-corrected chi connectivity index (χ2v) is 6.71. The number of rotatable bonds is 7. The van der Waals surface area contributed by atoms with Gasteiger partial charge >= 0.3 is 0 Å². The third kappa shape index (κ3) is 4.59. The lowest BCUT2D eigenvalue weighted by atomic mass is 10.1. The minimum Gasteiger partial charge on any atom is -0.379 e. The minimum atomic E-state index is -3.75. The minimum absolute atomic E-state index is 0.0637. The van der Waals surface area contributed by atoms with Crippen LogP contribution in [0.5, 0.6) is 0 Å². The highest BCUT2D eigenvalue weighted by Gasteiger charge is 2.19. The average molecular weight is 289 g/mol. The molecule has 0 radical (unpaired) electrons. The fourth-order valence-electron chi connectivity index (χ4n) is 1.67. The van der Waals surface area contributed by atoms with Gasteiger partial charge in [-0.3, -0.25) is 0 Å². The molecule has 0 unspecified atom stereocenters. The number of nitrogens with zero attached hydrogens (tertiary/aromatic N) is 2. The molecule has 0 saturated heterocycles. The van der Waals surface area contributed by atoms with Gasteiger partial charge in [-0.2, -0.15) is 0 Å². The van der Waals surface area contributed by atoms with Crippen molar-refractivity contribution in [3.05, 3.63) is 12.0 Å². The molecule has 19 heavy (non-hydrogen) atoms. The van der Waals surface area contributed by atoms with Crippen LogP contribution in [-0.4, -0.2) is 30.7 Å². The number of hydrogen-bond acceptors (Lipinski definition) is 4. The number of ether oxygens (including phenoxy) is 1. The highest BCUT2D eigenvalue weighted by molar-refractivity contribution is 7.89. The lowest BCUT2D eigenvalue weighted by Gasteiger charge is -2.23. The summed E-state index contributed by atoms with van der Waals surface area (Å²) in [6, 6.07) is 0. The van der Waals surface area contributed by atoms with Crippen LogP contribution in [0.15, 0.2) is 11.2 Å². The fraction of sp³-hybridized carbons (Fsp3) is 0.750. The van der Waals surface area contributed by atoms with Gasteiger partial charge in [0.15, 0.2) is 5.03 Å². The summed E-state index contributed by atoms with van der Waals surface area (Å²) in [6.07, 6.45) is 3.89. The van der Waals surface area contributed by atoms with Crippen molar-refractivity contribution in [2.45, 2.75) is 57.2 Å². The molecule has 6 nitrogen and oxygen atoms in total. The molecule has 0 bridgehead atoms. The Bertz CT molecular complexity index is 520. The molecule has 0 amide bonds. The summed E-state index contributed by atoms with van der Waals surface area (Å²) in [5.41, 5.74) is -0.254. The number of aromatic nitrogens is 2. The predicted molar refractivity (Wildman–Crippen MR) is 73.3 cm³/mol. The smallest absolute Gasteiger partial charge is 0.257 e. The molecule has 0 fully saturated rings. The molecular weight excluding hydrogens is 266 g/mol. The molecule has 1 heterocycles. The monoisotopic (exact) mass is 289 g/mol. The largest absolute Gasteiger partial charge is 0.379 e. The van der Waals surface area contributed by atoms with Crippen LogP contribution in [0.1, 0.15) is 39.4 Å². The van der Waals surface area contributed by atoms with E-state index in [0.717, 1.165) is 25.1 Å². The first-order valence-corrected chi connectivity index (χ1v) is 7.88. The number of methoxy groups -OCH3 is 1. The van der Waals surface area contributed by atoms with Crippen molar-refractivity contribution in [1.82, 2.24) is 9.55 Å². The van der Waals surface area contributed by atoms with Crippen molar-refractivity contribution in [3.8, 4) is 0 Å². The summed E-state index contributed by atoms with van der Waals surface area (Å²) >= 11 is 0. The highest BCUT2D eigenvalue weighted by atomic mass is 32.2. The predicted octanol–water partition coefficient (Wildman–Crippen LogP) is 1.30. The number of sulfonamides is 1. The molecule has 2 N–H and O–H groups in total. The van der Waals surface area contributed by atoms with Crippen molar-refractivity contribution in [2.75, 3.05) is 7.11 Å². The van der Waals surface area contributed by atoms with Crippen LogP contribution >= 0.6 is 0 Å². The number of primary sulfonamides is 1. The first-order chi connectivity index (χ1) is 8.69. The van der Waals surface area contributed by atoms with Crippen molar-refractivity contribution in [3.63, 3.8) is 0 Å². The van der Waals surface area contributed by atoms with Gasteiger partial charge in [-0.15, -0.1) is 0 Å². The van der Waals surface area contributed by atoms with Gasteiger partial charge < -0.3 is 9.30 Å². The van der Waals surface area contributed by atoms with E-state index in [0.29, 0.717) is 6.54 Å². The summed E-state index contributed by atoms with van der Waals surface area (Å²) in [5, 5.41) is 5.05. The maximum atomic E-state index is 11.3. The molecular formula is C12H23N3O3S. The fourth-order valence-corrected chi connectivity index (χ4v) is 2.18. The summed E-state index contributed by atoms with van der Waals surface area (Å²) in [4.78, 5) is 4.11. The molecule has 0 atom stereocenters. The molecule has 1 aromatic heterocycles. The molecule has 7 heteroatoms. The average Bonchev–Trinajstić information content (AvgIpc) is 2.70. The SMILES string of the molecule is CCCc1nc(S(N)(=O)=O)cn1CCC(C)(C)OC. The van der Waals surface area contributed by atoms with Crippen LogP contribution in [0.4, 0.5) is 0 Å². The molecule has 0 saturated carbocycles. The third-order valence-electron chi connectivity index (χ3n) is 3.11. The summed E-state index contributed by atoms with van der Waals surface area (Å²) in [5.74, 6) is 0.749. The Balaban J connectivity index is 2.95. The van der Waals surface area contributed by atoms with E-state index in [1.54, 1.807) is 7.11 Å². The van der Waals surface area contributed by atoms with E-state index in [2.05, 4.69) is 4.98 Å². The summed E-state index contributed by atoms with van der Waals surface area (Å²) in [7, 11) is -2.08. The van der Waals surface area contributed by atoms with E-state index in [4.69, 9.17) is 9.88 Å². The van der Waals surface area contributed by atoms with Gasteiger partial charge in [0.1, 0.15) is 5.82 Å². The number of hydrogen-bond donors (Lipinski definition) is 1. The maximum absolute atomic E-state index is 11.3. The zero-order valence-electron chi connectivity index (χ0n) is 12.0. The standard InChI is InChI=1S/C12H23N3O3S/c1-5-6-10-14-11(19(13,16)17)9-15(10)8-7-12(2,3)18-4/h9H,5-8H2,1-4H3,(H2,13,16,17). The molecule has 1 rings (SSSR count). The first-order valence-electron chi connectivity index (χ1n) is 6.33. The van der Waals surface area contributed by atoms with Gasteiger partial charge in [-0.05, 0) is 26.7 Å². The second-order valence-electron chi connectivity index (χ2n) is 5.20. The quantitative estimate of drug-likeness (QED) is 0.819. The van der Waals surface area contributed by atoms with Crippen LogP contribution in [0, 0.1) is 0 Å². The summed E-state index contributed by atoms with van der Waals surface area (Å²) in [6.45, 7) is 6.65. The number of nitrogens with two attached hydrogens (primary N) is 1. The van der Waals surface area contributed by atoms with Crippen molar-refractivity contribution in [2.24, 2.45) is 5.14 Å². The maximum Gasteiger partial charge on any atom is 0.257 e. The Morgan fingerprint density at radius 1 is 1.47 bits per heavy atom. The zero-order chi connectivity index (χ0) is 14.7. The molecule has 0 aliphatic rings. The summed E-state index contributed by atoms with van der Waals surface area (Å²) < 4.78 is 29.9. The van der Waals surface area contributed by atoms with E-state index in [-0.39, 0.29) is 10.6 Å². The molecule has 110 valence electrons. The van der Waals surface area contributed by atoms with Crippen LogP contribution in [0.2, 0.25) is 0 Å². The lowest BCUT2D eigenvalue weighted by Crippen LogP contribution is -2.24. The van der Waals surface area contributed by atoms with Gasteiger partial charge in [-0.1, -0.05) is 6.92 Å². The van der Waals surface area contributed by atoms with Crippen LogP contribution in [0.25, 0.3) is 0 Å². The van der Waals surface area contributed by atoms with Crippen LogP contribution in [0.3, 0.4) is 0 Å². The second kappa shape index (κ2) is 6.02. The van der Waals surface area contributed by atoms with Crippen molar-refractivity contribution < 1.29 is 13.2 Å². The van der Waals surface area contributed by atoms with Crippen LogP contribution < -0.4 is 5.14 Å². The van der Waals surface area contributed by atoms with Crippen molar-refractivity contribution >= 4 is 10.0 Å². The van der Waals surface area contributed by atoms with E-state index in [1.165, 1.54) is 6.20 Å². The first kappa shape index (κ1) is 16.1. The third-order valence-corrected chi connectivity index (χ3v) is 3.89.